The molecule has 0 aliphatic heterocycles. The number of pyridine rings is 1. The topological polar surface area (TPSA) is 55.1 Å². The second-order valence-corrected chi connectivity index (χ2v) is 4.08. The van der Waals surface area contributed by atoms with Crippen LogP contribution in [0.4, 0.5) is 0 Å². The number of para-hydroxylation sites is 1. The summed E-state index contributed by atoms with van der Waals surface area (Å²) in [5.74, 6) is 1.14. The highest BCUT2D eigenvalue weighted by molar-refractivity contribution is 6.30. The third-order valence-electron chi connectivity index (χ3n) is 2.30. The van der Waals surface area contributed by atoms with Crippen LogP contribution in [0.3, 0.4) is 0 Å². The number of hydrogen-bond acceptors (Lipinski definition) is 4. The lowest BCUT2D eigenvalue weighted by molar-refractivity contribution is 0.216. The largest absolute Gasteiger partial charge is 0.489 e. The summed E-state index contributed by atoms with van der Waals surface area (Å²) in [6.07, 6.45) is 3.11. The Morgan fingerprint density at radius 3 is 2.74 bits per heavy atom. The standard InChI is InChI=1S/C14H11ClN2O2/c15-12-7-13(10-17-9-12)18-5-6-19-14-4-2-1-3-11(14)8-16/h1-4,7,9-10H,5-6H2. The maximum Gasteiger partial charge on any atom is 0.139 e. The average molecular weight is 275 g/mol. The van der Waals surface area contributed by atoms with E-state index in [2.05, 4.69) is 11.1 Å². The molecule has 2 aromatic rings. The van der Waals surface area contributed by atoms with E-state index >= 15 is 0 Å². The highest BCUT2D eigenvalue weighted by atomic mass is 35.5. The Kier molecular flexibility index (Phi) is 4.60. The Balaban J connectivity index is 1.83. The van der Waals surface area contributed by atoms with Crippen LogP contribution in [0.5, 0.6) is 11.5 Å². The molecule has 1 aromatic heterocycles. The van der Waals surface area contributed by atoms with Gasteiger partial charge in [0.2, 0.25) is 0 Å². The highest BCUT2D eigenvalue weighted by Gasteiger charge is 2.01. The summed E-state index contributed by atoms with van der Waals surface area (Å²) >= 11 is 5.78. The number of rotatable bonds is 5. The fraction of sp³-hybridized carbons (Fsp3) is 0.143. The lowest BCUT2D eigenvalue weighted by Gasteiger charge is -2.09. The summed E-state index contributed by atoms with van der Waals surface area (Å²) in [7, 11) is 0. The van der Waals surface area contributed by atoms with Crippen molar-refractivity contribution in [2.75, 3.05) is 13.2 Å². The molecule has 0 aliphatic rings. The van der Waals surface area contributed by atoms with Gasteiger partial charge in [-0.1, -0.05) is 23.7 Å². The van der Waals surface area contributed by atoms with E-state index in [-0.39, 0.29) is 0 Å². The number of aromatic nitrogens is 1. The predicted octanol–water partition coefficient (Wildman–Crippen LogP) is 3.06. The van der Waals surface area contributed by atoms with Gasteiger partial charge in [-0.3, -0.25) is 4.98 Å². The van der Waals surface area contributed by atoms with Gasteiger partial charge in [0, 0.05) is 12.3 Å². The van der Waals surface area contributed by atoms with Crippen molar-refractivity contribution in [3.05, 3.63) is 53.3 Å². The van der Waals surface area contributed by atoms with Gasteiger partial charge in [0.15, 0.2) is 0 Å². The summed E-state index contributed by atoms with van der Waals surface area (Å²) in [5.41, 5.74) is 0.506. The Labute approximate surface area is 116 Å². The zero-order chi connectivity index (χ0) is 13.5. The van der Waals surface area contributed by atoms with E-state index < -0.39 is 0 Å². The molecule has 0 saturated heterocycles. The fourth-order valence-corrected chi connectivity index (χ4v) is 1.63. The lowest BCUT2D eigenvalue weighted by atomic mass is 10.2. The molecule has 5 heteroatoms. The van der Waals surface area contributed by atoms with Gasteiger partial charge in [-0.2, -0.15) is 5.26 Å². The van der Waals surface area contributed by atoms with Gasteiger partial charge in [-0.15, -0.1) is 0 Å². The van der Waals surface area contributed by atoms with E-state index in [1.807, 2.05) is 6.07 Å². The summed E-state index contributed by atoms with van der Waals surface area (Å²) in [6, 6.07) is 10.8. The van der Waals surface area contributed by atoms with Gasteiger partial charge in [0.25, 0.3) is 0 Å². The van der Waals surface area contributed by atoms with Crippen molar-refractivity contribution in [3.63, 3.8) is 0 Å². The van der Waals surface area contributed by atoms with Crippen LogP contribution < -0.4 is 9.47 Å². The van der Waals surface area contributed by atoms with Gasteiger partial charge in [-0.05, 0) is 12.1 Å². The monoisotopic (exact) mass is 274 g/mol. The molecule has 0 atom stereocenters. The number of benzene rings is 1. The highest BCUT2D eigenvalue weighted by Crippen LogP contribution is 2.17. The van der Waals surface area contributed by atoms with Crippen molar-refractivity contribution in [1.82, 2.24) is 4.98 Å². The number of halogens is 1. The summed E-state index contributed by atoms with van der Waals surface area (Å²) < 4.78 is 10.9. The molecule has 0 radical (unpaired) electrons. The lowest BCUT2D eigenvalue weighted by Crippen LogP contribution is -2.09. The van der Waals surface area contributed by atoms with Gasteiger partial charge in [-0.25, -0.2) is 0 Å². The van der Waals surface area contributed by atoms with Crippen molar-refractivity contribution < 1.29 is 9.47 Å². The van der Waals surface area contributed by atoms with Crippen molar-refractivity contribution in [2.45, 2.75) is 0 Å². The van der Waals surface area contributed by atoms with Gasteiger partial charge < -0.3 is 9.47 Å². The van der Waals surface area contributed by atoms with E-state index in [1.165, 1.54) is 6.20 Å². The Bertz CT molecular complexity index is 596. The third-order valence-corrected chi connectivity index (χ3v) is 2.50. The summed E-state index contributed by atoms with van der Waals surface area (Å²) in [5, 5.41) is 9.42. The van der Waals surface area contributed by atoms with Crippen molar-refractivity contribution in [3.8, 4) is 17.6 Å². The van der Waals surface area contributed by atoms with Crippen LogP contribution in [0.25, 0.3) is 0 Å². The number of nitriles is 1. The molecule has 96 valence electrons. The van der Waals surface area contributed by atoms with Crippen molar-refractivity contribution in [2.24, 2.45) is 0 Å². The van der Waals surface area contributed by atoms with Crippen LogP contribution in [0, 0.1) is 11.3 Å². The minimum absolute atomic E-state index is 0.338. The van der Waals surface area contributed by atoms with Gasteiger partial charge in [0.05, 0.1) is 16.8 Å². The van der Waals surface area contributed by atoms with E-state index in [4.69, 9.17) is 26.3 Å². The quantitative estimate of drug-likeness (QED) is 0.786. The number of nitrogens with zero attached hydrogens (tertiary/aromatic N) is 2. The SMILES string of the molecule is N#Cc1ccccc1OCCOc1cncc(Cl)c1. The molecule has 0 unspecified atom stereocenters. The van der Waals surface area contributed by atoms with E-state index in [9.17, 15) is 0 Å². The van der Waals surface area contributed by atoms with Gasteiger partial charge >= 0.3 is 0 Å². The maximum atomic E-state index is 8.90. The Morgan fingerprint density at radius 1 is 1.16 bits per heavy atom. The minimum atomic E-state index is 0.338. The first-order chi connectivity index (χ1) is 9.29. The van der Waals surface area contributed by atoms with Crippen LogP contribution in [0.15, 0.2) is 42.7 Å². The Morgan fingerprint density at radius 2 is 1.95 bits per heavy atom. The first-order valence-corrected chi connectivity index (χ1v) is 6.02. The van der Waals surface area contributed by atoms with E-state index in [0.29, 0.717) is 35.3 Å². The van der Waals surface area contributed by atoms with Crippen LogP contribution in [-0.2, 0) is 0 Å². The number of hydrogen-bond donors (Lipinski definition) is 0. The molecule has 2 rings (SSSR count). The maximum absolute atomic E-state index is 8.90. The predicted molar refractivity (Wildman–Crippen MR) is 71.4 cm³/mol. The second kappa shape index (κ2) is 6.62. The van der Waals surface area contributed by atoms with Crippen molar-refractivity contribution >= 4 is 11.6 Å². The molecular weight excluding hydrogens is 264 g/mol. The average Bonchev–Trinajstić information content (AvgIpc) is 2.44. The molecule has 4 nitrogen and oxygen atoms in total. The van der Waals surface area contributed by atoms with Crippen LogP contribution in [0.2, 0.25) is 5.02 Å². The van der Waals surface area contributed by atoms with E-state index in [1.54, 1.807) is 30.5 Å². The molecule has 0 N–H and O–H groups in total. The van der Waals surface area contributed by atoms with Crippen molar-refractivity contribution in [1.29, 1.82) is 5.26 Å². The summed E-state index contributed by atoms with van der Waals surface area (Å²) in [4.78, 5) is 3.91. The molecule has 1 aromatic carbocycles. The Hall–Kier alpha value is -2.25. The molecule has 0 spiro atoms. The van der Waals surface area contributed by atoms with Crippen LogP contribution in [-0.4, -0.2) is 18.2 Å². The first kappa shape index (κ1) is 13.2. The molecular formula is C14H11ClN2O2. The fourth-order valence-electron chi connectivity index (χ4n) is 1.47. The van der Waals surface area contributed by atoms with Crippen LogP contribution >= 0.6 is 11.6 Å². The molecule has 0 bridgehead atoms. The first-order valence-electron chi connectivity index (χ1n) is 5.65. The zero-order valence-corrected chi connectivity index (χ0v) is 10.8. The molecule has 0 fully saturated rings. The molecule has 19 heavy (non-hydrogen) atoms. The smallest absolute Gasteiger partial charge is 0.139 e. The number of ether oxygens (including phenoxy) is 2. The molecule has 1 heterocycles. The molecule has 0 amide bonds. The summed E-state index contributed by atoms with van der Waals surface area (Å²) in [6.45, 7) is 0.687. The molecule has 0 aliphatic carbocycles. The molecule has 0 saturated carbocycles. The second-order valence-electron chi connectivity index (χ2n) is 3.64. The normalized spacial score (nSPS) is 9.68. The van der Waals surface area contributed by atoms with E-state index in [0.717, 1.165) is 0 Å². The van der Waals surface area contributed by atoms with Gasteiger partial charge in [0.1, 0.15) is 30.8 Å². The van der Waals surface area contributed by atoms with Crippen LogP contribution in [0.1, 0.15) is 5.56 Å². The minimum Gasteiger partial charge on any atom is -0.489 e. The third kappa shape index (κ3) is 3.87. The zero-order valence-electron chi connectivity index (χ0n) is 10.0.